The number of aryl methyl sites for hydroxylation is 2. The summed E-state index contributed by atoms with van der Waals surface area (Å²) in [6.07, 6.45) is 2.41. The zero-order valence-electron chi connectivity index (χ0n) is 20.1. The smallest absolute Gasteiger partial charge is 0.313 e. The van der Waals surface area contributed by atoms with Gasteiger partial charge >= 0.3 is 5.97 Å². The van der Waals surface area contributed by atoms with E-state index in [1.54, 1.807) is 27.7 Å². The van der Waals surface area contributed by atoms with Crippen LogP contribution in [-0.2, 0) is 19.1 Å². The number of carbonyl (C=O) groups excluding carboxylic acids is 3. The van der Waals surface area contributed by atoms with Crippen LogP contribution in [-0.4, -0.2) is 35.6 Å². The van der Waals surface area contributed by atoms with Gasteiger partial charge in [-0.25, -0.2) is 0 Å². The minimum absolute atomic E-state index is 0.0135. The van der Waals surface area contributed by atoms with E-state index in [0.717, 1.165) is 35.1 Å². The highest BCUT2D eigenvalue weighted by molar-refractivity contribution is 6.23. The monoisotopic (exact) mass is 435 g/mol. The predicted octanol–water partition coefficient (Wildman–Crippen LogP) is 4.58. The van der Waals surface area contributed by atoms with E-state index in [1.807, 2.05) is 30.9 Å². The van der Waals surface area contributed by atoms with Gasteiger partial charge in [-0.3, -0.25) is 14.4 Å². The van der Waals surface area contributed by atoms with E-state index in [4.69, 9.17) is 4.74 Å². The molecule has 5 nitrogen and oxygen atoms in total. The van der Waals surface area contributed by atoms with Crippen molar-refractivity contribution in [3.63, 3.8) is 0 Å². The minimum atomic E-state index is -0.327. The lowest BCUT2D eigenvalue weighted by Gasteiger charge is -2.44. The first-order chi connectivity index (χ1) is 15.1. The summed E-state index contributed by atoms with van der Waals surface area (Å²) in [6.45, 7) is 12.2. The molecule has 0 N–H and O–H groups in total. The summed E-state index contributed by atoms with van der Waals surface area (Å²) < 4.78 is 5.89. The van der Waals surface area contributed by atoms with E-state index >= 15 is 0 Å². The molecular weight excluding hydrogens is 402 g/mol. The summed E-state index contributed by atoms with van der Waals surface area (Å²) in [5.41, 5.74) is 3.92. The van der Waals surface area contributed by atoms with Gasteiger partial charge in [-0.1, -0.05) is 19.8 Å². The average Bonchev–Trinajstić information content (AvgIpc) is 2.70. The Bertz CT molecular complexity index is 1020. The molecule has 1 heterocycles. The van der Waals surface area contributed by atoms with Gasteiger partial charge in [0.1, 0.15) is 5.76 Å². The third-order valence-corrected chi connectivity index (χ3v) is 6.65. The van der Waals surface area contributed by atoms with Crippen molar-refractivity contribution in [1.29, 1.82) is 0 Å². The van der Waals surface area contributed by atoms with E-state index < -0.39 is 0 Å². The number of nitrogens with zero attached hydrogens (tertiary/aromatic N) is 1. The number of rotatable bonds is 3. The van der Waals surface area contributed by atoms with Gasteiger partial charge in [0.25, 0.3) is 0 Å². The maximum absolute atomic E-state index is 13.6. The number of likely N-dealkylation sites (tertiary alicyclic amines) is 1. The van der Waals surface area contributed by atoms with Crippen LogP contribution in [0.1, 0.15) is 75.6 Å². The molecule has 1 fully saturated rings. The molecule has 170 valence electrons. The Morgan fingerprint density at radius 2 is 1.69 bits per heavy atom. The molecule has 1 aliphatic heterocycles. The van der Waals surface area contributed by atoms with Gasteiger partial charge in [-0.15, -0.1) is 5.92 Å². The Balaban J connectivity index is 2.08. The molecule has 1 saturated heterocycles. The largest absolute Gasteiger partial charge is 0.430 e. The molecule has 3 rings (SSSR count). The Morgan fingerprint density at radius 3 is 2.19 bits per heavy atom. The van der Waals surface area contributed by atoms with Crippen molar-refractivity contribution in [1.82, 2.24) is 4.90 Å². The molecular formula is C27H33NO4. The van der Waals surface area contributed by atoms with E-state index in [9.17, 15) is 14.4 Å². The summed E-state index contributed by atoms with van der Waals surface area (Å²) in [5, 5.41) is 0. The van der Waals surface area contributed by atoms with Crippen LogP contribution in [0.5, 0.6) is 0 Å². The van der Waals surface area contributed by atoms with Gasteiger partial charge in [-0.2, -0.15) is 0 Å². The summed E-state index contributed by atoms with van der Waals surface area (Å²) in [6, 6.07) is 3.97. The first-order valence-corrected chi connectivity index (χ1v) is 11.3. The van der Waals surface area contributed by atoms with Crippen molar-refractivity contribution in [2.75, 3.05) is 13.1 Å². The summed E-state index contributed by atoms with van der Waals surface area (Å²) in [4.78, 5) is 39.8. The van der Waals surface area contributed by atoms with Gasteiger partial charge in [0, 0.05) is 38.4 Å². The molecule has 0 aromatic heterocycles. The maximum atomic E-state index is 13.6. The highest BCUT2D eigenvalue weighted by Gasteiger charge is 2.44. The van der Waals surface area contributed by atoms with Crippen molar-refractivity contribution < 1.29 is 19.1 Å². The van der Waals surface area contributed by atoms with Crippen LogP contribution >= 0.6 is 0 Å². The predicted molar refractivity (Wildman–Crippen MR) is 124 cm³/mol. The zero-order valence-corrected chi connectivity index (χ0v) is 20.1. The second-order valence-corrected chi connectivity index (χ2v) is 9.52. The zero-order chi connectivity index (χ0) is 23.6. The number of Topliss-reactive ketones (excluding diaryl/α,β-unsaturated/α-hetero) is 1. The molecule has 0 radical (unpaired) electrons. The van der Waals surface area contributed by atoms with Gasteiger partial charge < -0.3 is 9.64 Å². The van der Waals surface area contributed by atoms with E-state index in [1.165, 1.54) is 0 Å². The first-order valence-electron chi connectivity index (χ1n) is 11.3. The van der Waals surface area contributed by atoms with Gasteiger partial charge in [-0.05, 0) is 67.9 Å². The molecule has 1 spiro atoms. The number of carbonyl (C=O) groups is 3. The Morgan fingerprint density at radius 1 is 1.09 bits per heavy atom. The number of benzene rings is 1. The van der Waals surface area contributed by atoms with Crippen LogP contribution in [0.3, 0.4) is 0 Å². The third kappa shape index (κ3) is 4.80. The molecule has 0 unspecified atom stereocenters. The van der Waals surface area contributed by atoms with Crippen molar-refractivity contribution in [2.24, 2.45) is 11.3 Å². The quantitative estimate of drug-likeness (QED) is 0.515. The van der Waals surface area contributed by atoms with Crippen LogP contribution in [0.15, 0.2) is 17.9 Å². The Hall–Kier alpha value is -2.87. The highest BCUT2D eigenvalue weighted by Crippen LogP contribution is 2.48. The van der Waals surface area contributed by atoms with Gasteiger partial charge in [0.15, 0.2) is 5.78 Å². The SMILES string of the molecule is CC#Cc1cc(C)c(C2=C(OC(=O)C(C)C)CC3(CCN(C(C)=O)CC3)CC2=O)c(C)c1. The van der Waals surface area contributed by atoms with Crippen molar-refractivity contribution >= 4 is 23.2 Å². The Kier molecular flexibility index (Phi) is 6.93. The standard InChI is InChI=1S/C27H33NO4/c1-7-8-21-13-18(4)24(19(5)14-21)25-22(30)15-27(9-11-28(12-10-27)20(6)29)16-23(25)32-26(31)17(2)3/h13-14,17H,9-12,15-16H2,1-6H3. The number of allylic oxidation sites excluding steroid dienone is 2. The van der Waals surface area contributed by atoms with E-state index in [-0.39, 0.29) is 29.0 Å². The second kappa shape index (κ2) is 9.32. The molecule has 0 bridgehead atoms. The number of esters is 1. The lowest BCUT2D eigenvalue weighted by molar-refractivity contribution is -0.144. The number of amides is 1. The lowest BCUT2D eigenvalue weighted by atomic mass is 9.66. The third-order valence-electron chi connectivity index (χ3n) is 6.65. The van der Waals surface area contributed by atoms with Crippen molar-refractivity contribution in [3.8, 4) is 11.8 Å². The van der Waals surface area contributed by atoms with Crippen LogP contribution < -0.4 is 0 Å². The molecule has 1 amide bonds. The number of ether oxygens (including phenoxy) is 1. The molecule has 0 atom stereocenters. The molecule has 1 aromatic rings. The van der Waals surface area contributed by atoms with Crippen LogP contribution in [0, 0.1) is 37.0 Å². The fourth-order valence-electron chi connectivity index (χ4n) is 4.91. The van der Waals surface area contributed by atoms with Crippen molar-refractivity contribution in [3.05, 3.63) is 40.1 Å². The average molecular weight is 436 g/mol. The van der Waals surface area contributed by atoms with E-state index in [0.29, 0.717) is 37.3 Å². The number of piperidine rings is 1. The maximum Gasteiger partial charge on any atom is 0.313 e. The van der Waals surface area contributed by atoms with Crippen LogP contribution in [0.25, 0.3) is 5.57 Å². The first kappa shape index (κ1) is 23.8. The summed E-state index contributed by atoms with van der Waals surface area (Å²) in [7, 11) is 0. The fourth-order valence-corrected chi connectivity index (χ4v) is 4.91. The highest BCUT2D eigenvalue weighted by atomic mass is 16.5. The van der Waals surface area contributed by atoms with Crippen molar-refractivity contribution in [2.45, 2.75) is 67.2 Å². The number of hydrogen-bond donors (Lipinski definition) is 0. The summed E-state index contributed by atoms with van der Waals surface area (Å²) >= 11 is 0. The van der Waals surface area contributed by atoms with Crippen LogP contribution in [0.2, 0.25) is 0 Å². The second-order valence-electron chi connectivity index (χ2n) is 9.52. The molecule has 0 saturated carbocycles. The molecule has 1 aromatic carbocycles. The Labute approximate surface area is 191 Å². The molecule has 5 heteroatoms. The molecule has 1 aliphatic carbocycles. The number of hydrogen-bond acceptors (Lipinski definition) is 4. The lowest BCUT2D eigenvalue weighted by Crippen LogP contribution is -2.45. The van der Waals surface area contributed by atoms with Crippen LogP contribution in [0.4, 0.5) is 0 Å². The fraction of sp³-hybridized carbons (Fsp3) is 0.519. The molecule has 32 heavy (non-hydrogen) atoms. The minimum Gasteiger partial charge on any atom is -0.430 e. The normalized spacial score (nSPS) is 18.0. The van der Waals surface area contributed by atoms with Gasteiger partial charge in [0.05, 0.1) is 11.5 Å². The topological polar surface area (TPSA) is 63.7 Å². The van der Waals surface area contributed by atoms with E-state index in [2.05, 4.69) is 11.8 Å². The molecule has 2 aliphatic rings. The van der Waals surface area contributed by atoms with Gasteiger partial charge in [0.2, 0.25) is 5.91 Å². The number of ketones is 1. The summed E-state index contributed by atoms with van der Waals surface area (Å²) in [5.74, 6) is 5.94.